The SMILES string of the molecule is CC1CCCN1CC1CC(c2ccc(CN3CCCC3)cc2)C1. The smallest absolute Gasteiger partial charge is 0.0233 e. The molecule has 0 radical (unpaired) electrons. The zero-order valence-corrected chi connectivity index (χ0v) is 14.7. The first-order valence-corrected chi connectivity index (χ1v) is 9.83. The molecule has 3 fully saturated rings. The van der Waals surface area contributed by atoms with E-state index < -0.39 is 0 Å². The molecule has 0 N–H and O–H groups in total. The molecule has 1 unspecified atom stereocenters. The van der Waals surface area contributed by atoms with Crippen LogP contribution in [0.2, 0.25) is 0 Å². The van der Waals surface area contributed by atoms with E-state index in [0.29, 0.717) is 0 Å². The van der Waals surface area contributed by atoms with E-state index in [1.807, 2.05) is 0 Å². The van der Waals surface area contributed by atoms with E-state index in [1.54, 1.807) is 5.56 Å². The summed E-state index contributed by atoms with van der Waals surface area (Å²) in [4.78, 5) is 5.31. The third kappa shape index (κ3) is 3.64. The van der Waals surface area contributed by atoms with Gasteiger partial charge in [-0.3, -0.25) is 4.90 Å². The number of hydrogen-bond donors (Lipinski definition) is 0. The van der Waals surface area contributed by atoms with Crippen LogP contribution in [0.5, 0.6) is 0 Å². The Kier molecular flexibility index (Phi) is 4.73. The third-order valence-corrected chi connectivity index (χ3v) is 6.47. The van der Waals surface area contributed by atoms with Crippen molar-refractivity contribution in [1.29, 1.82) is 0 Å². The van der Waals surface area contributed by atoms with Crippen LogP contribution in [0.25, 0.3) is 0 Å². The van der Waals surface area contributed by atoms with Crippen LogP contribution in [0.4, 0.5) is 0 Å². The van der Waals surface area contributed by atoms with Crippen molar-refractivity contribution in [3.8, 4) is 0 Å². The molecule has 0 amide bonds. The summed E-state index contributed by atoms with van der Waals surface area (Å²) in [5.74, 6) is 1.78. The van der Waals surface area contributed by atoms with Crippen molar-refractivity contribution < 1.29 is 0 Å². The van der Waals surface area contributed by atoms with Crippen molar-refractivity contribution in [2.45, 2.75) is 64.0 Å². The zero-order valence-electron chi connectivity index (χ0n) is 14.7. The van der Waals surface area contributed by atoms with Gasteiger partial charge < -0.3 is 4.90 Å². The quantitative estimate of drug-likeness (QED) is 0.801. The molecule has 126 valence electrons. The normalized spacial score (nSPS) is 32.3. The van der Waals surface area contributed by atoms with Crippen LogP contribution in [-0.4, -0.2) is 42.0 Å². The van der Waals surface area contributed by atoms with E-state index in [1.165, 1.54) is 70.3 Å². The minimum Gasteiger partial charge on any atom is -0.300 e. The first-order chi connectivity index (χ1) is 11.3. The molecule has 1 aromatic carbocycles. The summed E-state index contributed by atoms with van der Waals surface area (Å²) >= 11 is 0. The van der Waals surface area contributed by atoms with Gasteiger partial charge in [0.05, 0.1) is 0 Å². The molecule has 4 rings (SSSR count). The summed E-state index contributed by atoms with van der Waals surface area (Å²) in [6.07, 6.45) is 8.42. The Morgan fingerprint density at radius 1 is 0.957 bits per heavy atom. The largest absolute Gasteiger partial charge is 0.300 e. The first-order valence-electron chi connectivity index (χ1n) is 9.83. The molecule has 0 spiro atoms. The van der Waals surface area contributed by atoms with Crippen molar-refractivity contribution in [3.63, 3.8) is 0 Å². The van der Waals surface area contributed by atoms with Crippen LogP contribution in [0.1, 0.15) is 62.5 Å². The molecule has 3 aliphatic rings. The Bertz CT molecular complexity index is 497. The third-order valence-electron chi connectivity index (χ3n) is 6.47. The molecule has 2 heterocycles. The van der Waals surface area contributed by atoms with Crippen LogP contribution < -0.4 is 0 Å². The van der Waals surface area contributed by atoms with Crippen molar-refractivity contribution in [2.75, 3.05) is 26.2 Å². The molecule has 23 heavy (non-hydrogen) atoms. The summed E-state index contributed by atoms with van der Waals surface area (Å²) in [6.45, 7) is 8.84. The van der Waals surface area contributed by atoms with Crippen LogP contribution >= 0.6 is 0 Å². The van der Waals surface area contributed by atoms with Crippen LogP contribution in [0.15, 0.2) is 24.3 Å². The predicted molar refractivity (Wildman–Crippen MR) is 96.7 cm³/mol. The second kappa shape index (κ2) is 6.94. The number of likely N-dealkylation sites (tertiary alicyclic amines) is 2. The molecule has 2 saturated heterocycles. The first kappa shape index (κ1) is 15.7. The van der Waals surface area contributed by atoms with E-state index in [4.69, 9.17) is 0 Å². The summed E-state index contributed by atoms with van der Waals surface area (Å²) in [5, 5.41) is 0. The fourth-order valence-corrected chi connectivity index (χ4v) is 4.85. The van der Waals surface area contributed by atoms with Crippen molar-refractivity contribution in [2.24, 2.45) is 5.92 Å². The van der Waals surface area contributed by atoms with Gasteiger partial charge in [0.2, 0.25) is 0 Å². The maximum atomic E-state index is 2.72. The highest BCUT2D eigenvalue weighted by atomic mass is 15.2. The molecule has 1 aromatic rings. The fourth-order valence-electron chi connectivity index (χ4n) is 4.85. The topological polar surface area (TPSA) is 6.48 Å². The summed E-state index contributed by atoms with van der Waals surface area (Å²) in [5.41, 5.74) is 3.08. The van der Waals surface area contributed by atoms with E-state index >= 15 is 0 Å². The summed E-state index contributed by atoms with van der Waals surface area (Å²) < 4.78 is 0. The molecular weight excluding hydrogens is 280 g/mol. The molecule has 0 bridgehead atoms. The summed E-state index contributed by atoms with van der Waals surface area (Å²) in [7, 11) is 0. The number of hydrogen-bond acceptors (Lipinski definition) is 2. The lowest BCUT2D eigenvalue weighted by Gasteiger charge is -2.39. The van der Waals surface area contributed by atoms with Gasteiger partial charge >= 0.3 is 0 Å². The highest BCUT2D eigenvalue weighted by Crippen LogP contribution is 2.42. The van der Waals surface area contributed by atoms with Crippen LogP contribution in [0, 0.1) is 5.92 Å². The number of rotatable bonds is 5. The second-order valence-corrected chi connectivity index (χ2v) is 8.25. The van der Waals surface area contributed by atoms with Crippen molar-refractivity contribution in [1.82, 2.24) is 9.80 Å². The Balaban J connectivity index is 1.25. The van der Waals surface area contributed by atoms with Gasteiger partial charge in [-0.05, 0) is 88.0 Å². The second-order valence-electron chi connectivity index (χ2n) is 8.25. The number of benzene rings is 1. The lowest BCUT2D eigenvalue weighted by molar-refractivity contribution is 0.154. The molecular formula is C21H32N2. The molecule has 1 atom stereocenters. The monoisotopic (exact) mass is 312 g/mol. The molecule has 2 aliphatic heterocycles. The van der Waals surface area contributed by atoms with Crippen molar-refractivity contribution in [3.05, 3.63) is 35.4 Å². The van der Waals surface area contributed by atoms with Gasteiger partial charge in [0.15, 0.2) is 0 Å². The Hall–Kier alpha value is -0.860. The van der Waals surface area contributed by atoms with Gasteiger partial charge in [-0.25, -0.2) is 0 Å². The average molecular weight is 313 g/mol. The highest BCUT2D eigenvalue weighted by Gasteiger charge is 2.33. The minimum absolute atomic E-state index is 0.832. The van der Waals surface area contributed by atoms with E-state index in [2.05, 4.69) is 41.0 Å². The number of nitrogens with zero attached hydrogens (tertiary/aromatic N) is 2. The zero-order chi connectivity index (χ0) is 15.6. The Labute approximate surface area is 141 Å². The summed E-state index contributed by atoms with van der Waals surface area (Å²) in [6, 6.07) is 10.4. The van der Waals surface area contributed by atoms with Crippen LogP contribution in [0.3, 0.4) is 0 Å². The van der Waals surface area contributed by atoms with Gasteiger partial charge in [0.25, 0.3) is 0 Å². The van der Waals surface area contributed by atoms with Crippen molar-refractivity contribution >= 4 is 0 Å². The molecule has 1 aliphatic carbocycles. The van der Waals surface area contributed by atoms with Gasteiger partial charge in [-0.15, -0.1) is 0 Å². The van der Waals surface area contributed by atoms with E-state index in [0.717, 1.165) is 24.4 Å². The fraction of sp³-hybridized carbons (Fsp3) is 0.714. The molecule has 2 heteroatoms. The lowest BCUT2D eigenvalue weighted by atomic mass is 9.71. The van der Waals surface area contributed by atoms with E-state index in [-0.39, 0.29) is 0 Å². The maximum absolute atomic E-state index is 2.72. The molecule has 2 nitrogen and oxygen atoms in total. The predicted octanol–water partition coefficient (Wildman–Crippen LogP) is 4.26. The lowest BCUT2D eigenvalue weighted by Crippen LogP contribution is -2.37. The maximum Gasteiger partial charge on any atom is 0.0233 e. The van der Waals surface area contributed by atoms with Crippen LogP contribution in [-0.2, 0) is 6.54 Å². The van der Waals surface area contributed by atoms with Gasteiger partial charge in [0.1, 0.15) is 0 Å². The Morgan fingerprint density at radius 2 is 1.70 bits per heavy atom. The minimum atomic E-state index is 0.832. The van der Waals surface area contributed by atoms with Gasteiger partial charge in [0, 0.05) is 19.1 Å². The molecule has 0 aromatic heterocycles. The molecule has 1 saturated carbocycles. The highest BCUT2D eigenvalue weighted by molar-refractivity contribution is 5.27. The standard InChI is InChI=1S/C21H32N2/c1-17-5-4-12-23(17)16-19-13-21(14-19)20-8-6-18(7-9-20)15-22-10-2-3-11-22/h6-9,17,19,21H,2-5,10-16H2,1H3. The van der Waals surface area contributed by atoms with E-state index in [9.17, 15) is 0 Å². The Morgan fingerprint density at radius 3 is 2.35 bits per heavy atom. The van der Waals surface area contributed by atoms with Gasteiger partial charge in [-0.1, -0.05) is 24.3 Å². The average Bonchev–Trinajstić information content (AvgIpc) is 3.16. The van der Waals surface area contributed by atoms with Gasteiger partial charge in [-0.2, -0.15) is 0 Å².